The fourth-order valence-electron chi connectivity index (χ4n) is 3.50. The molecule has 0 fully saturated rings. The van der Waals surface area contributed by atoms with Crippen molar-refractivity contribution in [2.75, 3.05) is 23.8 Å². The van der Waals surface area contributed by atoms with Crippen LogP contribution in [0.4, 0.5) is 16.3 Å². The first-order valence-electron chi connectivity index (χ1n) is 9.62. The van der Waals surface area contributed by atoms with Crippen molar-refractivity contribution < 1.29 is 14.3 Å². The highest BCUT2D eigenvalue weighted by Crippen LogP contribution is 2.41. The third-order valence-corrected chi connectivity index (χ3v) is 5.14. The van der Waals surface area contributed by atoms with Crippen LogP contribution in [-0.2, 0) is 4.74 Å². The molecule has 7 nitrogen and oxygen atoms in total. The van der Waals surface area contributed by atoms with Crippen molar-refractivity contribution in [3.8, 4) is 17.0 Å². The number of ether oxygens (including phenoxy) is 2. The molecule has 0 saturated heterocycles. The molecule has 1 aliphatic rings. The number of benzene rings is 1. The minimum atomic E-state index is -0.607. The molecule has 30 heavy (non-hydrogen) atoms. The number of nitrogens with zero attached hydrogens (tertiary/aromatic N) is 3. The van der Waals surface area contributed by atoms with E-state index in [0.29, 0.717) is 35.6 Å². The van der Waals surface area contributed by atoms with E-state index in [1.165, 1.54) is 0 Å². The lowest BCUT2D eigenvalue weighted by Crippen LogP contribution is -2.42. The number of halogens is 1. The van der Waals surface area contributed by atoms with Crippen LogP contribution in [0.25, 0.3) is 21.9 Å². The molecule has 2 aromatic heterocycles. The number of hydrogen-bond acceptors (Lipinski definition) is 6. The second-order valence-corrected chi connectivity index (χ2v) is 8.63. The molecule has 156 valence electrons. The number of carbonyl (C=O) groups is 1. The second-order valence-electron chi connectivity index (χ2n) is 8.22. The Bertz CT molecular complexity index is 1160. The molecule has 1 aliphatic heterocycles. The SMILES string of the molecule is Cc1c(-c2cc3cc(N)ncc3cc2Cl)cnc2c1N(C(=O)OC(C)(C)C)CCO2. The Morgan fingerprint density at radius 2 is 1.93 bits per heavy atom. The number of carbonyl (C=O) groups excluding carboxylic acids is 1. The number of nitrogen functional groups attached to an aromatic ring is 1. The lowest BCUT2D eigenvalue weighted by atomic mass is 9.98. The minimum absolute atomic E-state index is 0.348. The molecule has 3 aromatic rings. The van der Waals surface area contributed by atoms with Gasteiger partial charge in [0.05, 0.1) is 6.54 Å². The molecule has 4 rings (SSSR count). The van der Waals surface area contributed by atoms with Crippen molar-refractivity contribution in [2.45, 2.75) is 33.3 Å². The topological polar surface area (TPSA) is 90.6 Å². The maximum Gasteiger partial charge on any atom is 0.415 e. The average Bonchev–Trinajstić information content (AvgIpc) is 2.66. The molecule has 1 amide bonds. The maximum absolute atomic E-state index is 12.8. The summed E-state index contributed by atoms with van der Waals surface area (Å²) in [5.41, 5.74) is 8.25. The van der Waals surface area contributed by atoms with E-state index in [-0.39, 0.29) is 0 Å². The Morgan fingerprint density at radius 3 is 2.67 bits per heavy atom. The molecular weight excluding hydrogens is 404 g/mol. The van der Waals surface area contributed by atoms with Crippen LogP contribution in [0.1, 0.15) is 26.3 Å². The van der Waals surface area contributed by atoms with Gasteiger partial charge in [0.25, 0.3) is 0 Å². The summed E-state index contributed by atoms with van der Waals surface area (Å²) in [6, 6.07) is 5.60. The minimum Gasteiger partial charge on any atom is -0.474 e. The lowest BCUT2D eigenvalue weighted by Gasteiger charge is -2.32. The van der Waals surface area contributed by atoms with Gasteiger partial charge in [-0.3, -0.25) is 4.90 Å². The van der Waals surface area contributed by atoms with E-state index < -0.39 is 11.7 Å². The van der Waals surface area contributed by atoms with Gasteiger partial charge in [0, 0.05) is 33.9 Å². The molecule has 2 N–H and O–H groups in total. The average molecular weight is 427 g/mol. The molecule has 0 aliphatic carbocycles. The molecule has 0 bridgehead atoms. The zero-order valence-electron chi connectivity index (χ0n) is 17.3. The molecule has 8 heteroatoms. The summed E-state index contributed by atoms with van der Waals surface area (Å²) < 4.78 is 11.3. The lowest BCUT2D eigenvalue weighted by molar-refractivity contribution is 0.0566. The van der Waals surface area contributed by atoms with E-state index >= 15 is 0 Å². The standard InChI is InChI=1S/C22H23ClN4O3/c1-12-16(15-7-13-9-18(24)25-10-14(13)8-17(15)23)11-26-20-19(12)27(5-6-29-20)21(28)30-22(2,3)4/h7-11H,5-6H2,1-4H3,(H2,24,25). The monoisotopic (exact) mass is 426 g/mol. The first kappa shape index (κ1) is 20.2. The summed E-state index contributed by atoms with van der Waals surface area (Å²) in [4.78, 5) is 23.0. The molecule has 3 heterocycles. The number of nitrogens with two attached hydrogens (primary N) is 1. The van der Waals surface area contributed by atoms with Crippen molar-refractivity contribution >= 4 is 40.0 Å². The van der Waals surface area contributed by atoms with Crippen molar-refractivity contribution in [1.29, 1.82) is 0 Å². The van der Waals surface area contributed by atoms with Crippen molar-refractivity contribution in [3.63, 3.8) is 0 Å². The van der Waals surface area contributed by atoms with Crippen LogP contribution in [0.15, 0.2) is 30.6 Å². The highest BCUT2D eigenvalue weighted by Gasteiger charge is 2.31. The van der Waals surface area contributed by atoms with E-state index in [9.17, 15) is 4.79 Å². The largest absolute Gasteiger partial charge is 0.474 e. The summed E-state index contributed by atoms with van der Waals surface area (Å²) in [5.74, 6) is 0.833. The van der Waals surface area contributed by atoms with Gasteiger partial charge in [-0.25, -0.2) is 14.8 Å². The van der Waals surface area contributed by atoms with Crippen LogP contribution in [0.2, 0.25) is 5.02 Å². The fourth-order valence-corrected chi connectivity index (χ4v) is 3.77. The quantitative estimate of drug-likeness (QED) is 0.590. The van der Waals surface area contributed by atoms with Gasteiger partial charge in [-0.15, -0.1) is 0 Å². The predicted octanol–water partition coefficient (Wildman–Crippen LogP) is 4.97. The molecule has 1 aromatic carbocycles. The smallest absolute Gasteiger partial charge is 0.415 e. The number of fused-ring (bicyclic) bond motifs is 2. The molecule has 0 unspecified atom stereocenters. The number of anilines is 2. The molecule has 0 radical (unpaired) electrons. The van der Waals surface area contributed by atoms with E-state index in [1.807, 2.05) is 39.8 Å². The van der Waals surface area contributed by atoms with E-state index in [4.69, 9.17) is 26.8 Å². The van der Waals surface area contributed by atoms with Gasteiger partial charge < -0.3 is 15.2 Å². The summed E-state index contributed by atoms with van der Waals surface area (Å²) in [7, 11) is 0. The predicted molar refractivity (Wildman–Crippen MR) is 118 cm³/mol. The first-order valence-corrected chi connectivity index (χ1v) is 10.00. The van der Waals surface area contributed by atoms with Crippen LogP contribution in [0.3, 0.4) is 0 Å². The van der Waals surface area contributed by atoms with Crippen LogP contribution >= 0.6 is 11.6 Å². The van der Waals surface area contributed by atoms with Gasteiger partial charge >= 0.3 is 6.09 Å². The number of aromatic nitrogens is 2. The molecular formula is C22H23ClN4O3. The second kappa shape index (κ2) is 7.32. The maximum atomic E-state index is 12.8. The Balaban J connectivity index is 1.84. The van der Waals surface area contributed by atoms with Gasteiger partial charge in [-0.05, 0) is 56.8 Å². The Morgan fingerprint density at radius 1 is 1.17 bits per heavy atom. The third-order valence-electron chi connectivity index (χ3n) is 4.83. The highest BCUT2D eigenvalue weighted by atomic mass is 35.5. The number of hydrogen-bond donors (Lipinski definition) is 1. The fraction of sp³-hybridized carbons (Fsp3) is 0.318. The van der Waals surface area contributed by atoms with Crippen molar-refractivity contribution in [2.24, 2.45) is 0 Å². The van der Waals surface area contributed by atoms with E-state index in [0.717, 1.165) is 27.5 Å². The van der Waals surface area contributed by atoms with Crippen molar-refractivity contribution in [1.82, 2.24) is 9.97 Å². The van der Waals surface area contributed by atoms with Crippen LogP contribution in [-0.4, -0.2) is 34.8 Å². The summed E-state index contributed by atoms with van der Waals surface area (Å²) >= 11 is 6.60. The highest BCUT2D eigenvalue weighted by molar-refractivity contribution is 6.34. The van der Waals surface area contributed by atoms with Crippen LogP contribution < -0.4 is 15.4 Å². The third kappa shape index (κ3) is 3.73. The zero-order chi connectivity index (χ0) is 21.6. The number of rotatable bonds is 1. The normalized spacial score (nSPS) is 13.7. The zero-order valence-corrected chi connectivity index (χ0v) is 18.1. The molecule has 0 atom stereocenters. The first-order chi connectivity index (χ1) is 14.1. The van der Waals surface area contributed by atoms with Crippen molar-refractivity contribution in [3.05, 3.63) is 41.2 Å². The van der Waals surface area contributed by atoms with Crippen LogP contribution in [0.5, 0.6) is 5.88 Å². The molecule has 0 saturated carbocycles. The van der Waals surface area contributed by atoms with E-state index in [1.54, 1.807) is 23.4 Å². The van der Waals surface area contributed by atoms with Gasteiger partial charge in [0.2, 0.25) is 5.88 Å². The Kier molecular flexibility index (Phi) is 4.94. The summed E-state index contributed by atoms with van der Waals surface area (Å²) in [6.45, 7) is 8.15. The number of amides is 1. The summed E-state index contributed by atoms with van der Waals surface area (Å²) in [6.07, 6.45) is 2.97. The van der Waals surface area contributed by atoms with Gasteiger partial charge in [0.15, 0.2) is 0 Å². The summed E-state index contributed by atoms with van der Waals surface area (Å²) in [5, 5.41) is 2.36. The van der Waals surface area contributed by atoms with E-state index in [2.05, 4.69) is 9.97 Å². The van der Waals surface area contributed by atoms with Gasteiger partial charge in [0.1, 0.15) is 23.7 Å². The Hall–Kier alpha value is -3.06. The molecule has 0 spiro atoms. The van der Waals surface area contributed by atoms with Gasteiger partial charge in [-0.1, -0.05) is 11.6 Å². The Labute approximate surface area is 179 Å². The number of pyridine rings is 2. The van der Waals surface area contributed by atoms with Gasteiger partial charge in [-0.2, -0.15) is 0 Å². The van der Waals surface area contributed by atoms with Crippen LogP contribution in [0, 0.1) is 6.92 Å².